The van der Waals surface area contributed by atoms with Crippen LogP contribution in [0.15, 0.2) is 52.1 Å². The topological polar surface area (TPSA) is 92.3 Å². The van der Waals surface area contributed by atoms with Gasteiger partial charge < -0.3 is 9.47 Å². The number of rotatable bonds is 8. The Hall–Kier alpha value is -2.59. The molecular weight excluding hydrogens is 460 g/mol. The van der Waals surface area contributed by atoms with Crippen LogP contribution in [0, 0.1) is 17.0 Å². The highest BCUT2D eigenvalue weighted by atomic mass is 79.9. The number of nitro groups is 1. The molecule has 3 aromatic rings. The molecule has 1 atom stereocenters. The maximum Gasteiger partial charge on any atom is 0.220 e. The molecule has 0 bridgehead atoms. The smallest absolute Gasteiger partial charge is 0.220 e. The highest BCUT2D eigenvalue weighted by molar-refractivity contribution is 9.10. The maximum atomic E-state index is 11.4. The van der Waals surface area contributed by atoms with Crippen molar-refractivity contribution in [2.24, 2.45) is 0 Å². The predicted molar refractivity (Wildman–Crippen MR) is 114 cm³/mol. The van der Waals surface area contributed by atoms with E-state index in [2.05, 4.69) is 26.1 Å². The number of ether oxygens (including phenoxy) is 2. The summed E-state index contributed by atoms with van der Waals surface area (Å²) in [6.07, 6.45) is 0. The molecule has 152 valence electrons. The fraction of sp³-hybridized carbons (Fsp3) is 0.263. The summed E-state index contributed by atoms with van der Waals surface area (Å²) >= 11 is 4.71. The Balaban J connectivity index is 2.01. The summed E-state index contributed by atoms with van der Waals surface area (Å²) in [5.74, 6) is 2.00. The number of hydrogen-bond acceptors (Lipinski definition) is 7. The third kappa shape index (κ3) is 4.88. The Morgan fingerprint density at radius 1 is 1.17 bits per heavy atom. The lowest BCUT2D eigenvalue weighted by Gasteiger charge is -2.17. The standard InChI is InChI=1S/C19H19BrN4O4S/c1-12-21-22-19(24(12)14-5-7-15(27-2)8-6-14)29-18(11-23(25)26)16-10-13(20)4-9-17(16)28-3/h4-10,18H,11H2,1-3H3/t18-/m1/s1. The van der Waals surface area contributed by atoms with Crippen molar-refractivity contribution in [2.75, 3.05) is 20.8 Å². The number of benzene rings is 2. The van der Waals surface area contributed by atoms with E-state index in [0.29, 0.717) is 22.3 Å². The number of aryl methyl sites for hydroxylation is 1. The zero-order valence-corrected chi connectivity index (χ0v) is 18.4. The third-order valence-electron chi connectivity index (χ3n) is 4.23. The Morgan fingerprint density at radius 2 is 1.90 bits per heavy atom. The average Bonchev–Trinajstić information content (AvgIpc) is 3.07. The van der Waals surface area contributed by atoms with Crippen molar-refractivity contribution < 1.29 is 14.4 Å². The first kappa shape index (κ1) is 21.1. The van der Waals surface area contributed by atoms with E-state index in [0.717, 1.165) is 15.9 Å². The van der Waals surface area contributed by atoms with Crippen LogP contribution in [-0.2, 0) is 0 Å². The molecule has 0 N–H and O–H groups in total. The molecule has 0 aliphatic carbocycles. The first-order valence-electron chi connectivity index (χ1n) is 8.61. The van der Waals surface area contributed by atoms with Crippen molar-refractivity contribution in [3.05, 3.63) is 68.4 Å². The molecule has 3 rings (SSSR count). The van der Waals surface area contributed by atoms with Gasteiger partial charge in [-0.05, 0) is 49.4 Å². The maximum absolute atomic E-state index is 11.4. The summed E-state index contributed by atoms with van der Waals surface area (Å²) in [4.78, 5) is 11.0. The second-order valence-electron chi connectivity index (χ2n) is 6.07. The molecular formula is C19H19BrN4O4S. The predicted octanol–water partition coefficient (Wildman–Crippen LogP) is 4.47. The third-order valence-corrected chi connectivity index (χ3v) is 5.88. The number of aromatic nitrogens is 3. The van der Waals surface area contributed by atoms with Crippen molar-refractivity contribution in [1.29, 1.82) is 0 Å². The zero-order chi connectivity index (χ0) is 21.0. The van der Waals surface area contributed by atoms with Crippen molar-refractivity contribution in [3.63, 3.8) is 0 Å². The molecule has 0 saturated carbocycles. The average molecular weight is 479 g/mol. The van der Waals surface area contributed by atoms with Crippen molar-refractivity contribution in [3.8, 4) is 17.2 Å². The summed E-state index contributed by atoms with van der Waals surface area (Å²) in [5, 5.41) is 19.8. The van der Waals surface area contributed by atoms with E-state index in [1.807, 2.05) is 47.9 Å². The molecule has 8 nitrogen and oxygen atoms in total. The van der Waals surface area contributed by atoms with Crippen LogP contribution in [0.5, 0.6) is 11.5 Å². The molecule has 0 aliphatic heterocycles. The minimum Gasteiger partial charge on any atom is -0.497 e. The first-order chi connectivity index (χ1) is 13.9. The number of halogens is 1. The fourth-order valence-electron chi connectivity index (χ4n) is 2.87. The molecule has 0 spiro atoms. The van der Waals surface area contributed by atoms with E-state index < -0.39 is 5.25 Å². The second kappa shape index (κ2) is 9.27. The summed E-state index contributed by atoms with van der Waals surface area (Å²) < 4.78 is 13.3. The summed E-state index contributed by atoms with van der Waals surface area (Å²) in [7, 11) is 3.15. The molecule has 29 heavy (non-hydrogen) atoms. The monoisotopic (exact) mass is 478 g/mol. The molecule has 2 aromatic carbocycles. The van der Waals surface area contributed by atoms with E-state index in [4.69, 9.17) is 9.47 Å². The molecule has 1 heterocycles. The van der Waals surface area contributed by atoms with Crippen LogP contribution in [0.4, 0.5) is 0 Å². The molecule has 0 unspecified atom stereocenters. The van der Waals surface area contributed by atoms with Crippen molar-refractivity contribution in [2.45, 2.75) is 17.3 Å². The van der Waals surface area contributed by atoms with Gasteiger partial charge in [0.25, 0.3) is 0 Å². The van der Waals surface area contributed by atoms with Gasteiger partial charge in [-0.3, -0.25) is 14.7 Å². The highest BCUT2D eigenvalue weighted by Crippen LogP contribution is 2.41. The lowest BCUT2D eigenvalue weighted by molar-refractivity contribution is -0.479. The van der Waals surface area contributed by atoms with Gasteiger partial charge in [0.05, 0.1) is 14.2 Å². The van der Waals surface area contributed by atoms with Gasteiger partial charge in [0.15, 0.2) is 5.16 Å². The first-order valence-corrected chi connectivity index (χ1v) is 10.3. The Labute approximate surface area is 180 Å². The lowest BCUT2D eigenvalue weighted by Crippen LogP contribution is -2.12. The van der Waals surface area contributed by atoms with Gasteiger partial charge in [0.2, 0.25) is 6.54 Å². The van der Waals surface area contributed by atoms with E-state index in [9.17, 15) is 10.1 Å². The Kier molecular flexibility index (Phi) is 6.75. The Morgan fingerprint density at radius 3 is 2.52 bits per heavy atom. The second-order valence-corrected chi connectivity index (χ2v) is 8.16. The van der Waals surface area contributed by atoms with Crippen LogP contribution in [0.1, 0.15) is 16.6 Å². The van der Waals surface area contributed by atoms with Crippen LogP contribution < -0.4 is 9.47 Å². The Bertz CT molecular complexity index is 1010. The van der Waals surface area contributed by atoms with E-state index in [-0.39, 0.29) is 11.5 Å². The van der Waals surface area contributed by atoms with Crippen LogP contribution in [0.3, 0.4) is 0 Å². The van der Waals surface area contributed by atoms with Gasteiger partial charge >= 0.3 is 0 Å². The van der Waals surface area contributed by atoms with Gasteiger partial charge in [-0.2, -0.15) is 0 Å². The quantitative estimate of drug-likeness (QED) is 0.268. The molecule has 1 aromatic heterocycles. The van der Waals surface area contributed by atoms with E-state index in [1.54, 1.807) is 20.3 Å². The van der Waals surface area contributed by atoms with Crippen LogP contribution >= 0.6 is 27.7 Å². The summed E-state index contributed by atoms with van der Waals surface area (Å²) in [5.41, 5.74) is 1.56. The van der Waals surface area contributed by atoms with Gasteiger partial charge in [0, 0.05) is 20.6 Å². The number of hydrogen-bond donors (Lipinski definition) is 0. The van der Waals surface area contributed by atoms with Gasteiger partial charge in [-0.25, -0.2) is 0 Å². The van der Waals surface area contributed by atoms with Gasteiger partial charge in [-0.1, -0.05) is 27.7 Å². The molecule has 0 amide bonds. The van der Waals surface area contributed by atoms with Crippen LogP contribution in [0.2, 0.25) is 0 Å². The summed E-state index contributed by atoms with van der Waals surface area (Å²) in [6.45, 7) is 1.55. The molecule has 0 fully saturated rings. The van der Waals surface area contributed by atoms with Gasteiger partial charge in [-0.15, -0.1) is 10.2 Å². The van der Waals surface area contributed by atoms with E-state index >= 15 is 0 Å². The minimum atomic E-state index is -0.516. The van der Waals surface area contributed by atoms with Gasteiger partial charge in [0.1, 0.15) is 22.6 Å². The van der Waals surface area contributed by atoms with Crippen LogP contribution in [-0.4, -0.2) is 40.5 Å². The molecule has 10 heteroatoms. The molecule has 0 saturated heterocycles. The van der Waals surface area contributed by atoms with Crippen molar-refractivity contribution in [1.82, 2.24) is 14.8 Å². The van der Waals surface area contributed by atoms with Crippen molar-refractivity contribution >= 4 is 27.7 Å². The number of thioether (sulfide) groups is 1. The van der Waals surface area contributed by atoms with E-state index in [1.165, 1.54) is 11.8 Å². The highest BCUT2D eigenvalue weighted by Gasteiger charge is 2.26. The fourth-order valence-corrected chi connectivity index (χ4v) is 4.44. The zero-order valence-electron chi connectivity index (χ0n) is 16.0. The molecule has 0 radical (unpaired) electrons. The number of nitrogens with zero attached hydrogens (tertiary/aromatic N) is 4. The minimum absolute atomic E-state index is 0.286. The number of methoxy groups -OCH3 is 2. The molecule has 0 aliphatic rings. The summed E-state index contributed by atoms with van der Waals surface area (Å²) in [6, 6.07) is 12.9. The normalized spacial score (nSPS) is 11.9. The SMILES string of the molecule is COc1ccc(-n2c(C)nnc2S[C@H](C[N+](=O)[O-])c2cc(Br)ccc2OC)cc1. The lowest BCUT2D eigenvalue weighted by atomic mass is 10.1. The largest absolute Gasteiger partial charge is 0.497 e. The van der Waals surface area contributed by atoms with Crippen LogP contribution in [0.25, 0.3) is 5.69 Å².